The van der Waals surface area contributed by atoms with Gasteiger partial charge in [-0.3, -0.25) is 0 Å². The first-order valence-corrected chi connectivity index (χ1v) is 5.27. The fraction of sp³-hybridized carbons (Fsp3) is 0.0714. The molecule has 0 bridgehead atoms. The summed E-state index contributed by atoms with van der Waals surface area (Å²) >= 11 is 0. The minimum atomic E-state index is 0.315. The van der Waals surface area contributed by atoms with Crippen LogP contribution in [-0.4, -0.2) is 9.97 Å². The summed E-state index contributed by atoms with van der Waals surface area (Å²) in [4.78, 5) is 8.37. The van der Waals surface area contributed by atoms with E-state index < -0.39 is 0 Å². The maximum Gasteiger partial charge on any atom is 0.163 e. The van der Waals surface area contributed by atoms with E-state index in [0.717, 1.165) is 11.1 Å². The molecule has 4 heteroatoms. The Balaban J connectivity index is 2.67. The van der Waals surface area contributed by atoms with Crippen molar-refractivity contribution >= 4 is 5.82 Å². The molecule has 0 unspecified atom stereocenters. The van der Waals surface area contributed by atoms with Crippen molar-refractivity contribution in [1.29, 1.82) is 5.26 Å². The lowest BCUT2D eigenvalue weighted by Crippen LogP contribution is -2.00. The Morgan fingerprint density at radius 2 is 2.11 bits per heavy atom. The van der Waals surface area contributed by atoms with Crippen LogP contribution in [0.1, 0.15) is 16.8 Å². The number of aromatic nitrogens is 2. The average molecular weight is 234 g/mol. The van der Waals surface area contributed by atoms with Crippen LogP contribution in [0, 0.1) is 30.6 Å². The molecule has 4 nitrogen and oxygen atoms in total. The van der Waals surface area contributed by atoms with Gasteiger partial charge in [-0.15, -0.1) is 6.42 Å². The summed E-state index contributed by atoms with van der Waals surface area (Å²) in [6.07, 6.45) is 5.31. The molecule has 1 heterocycles. The van der Waals surface area contributed by atoms with Crippen molar-refractivity contribution < 1.29 is 0 Å². The molecule has 0 spiro atoms. The van der Waals surface area contributed by atoms with Gasteiger partial charge in [0.2, 0.25) is 0 Å². The number of nitrogen functional groups attached to an aromatic ring is 1. The molecular weight excluding hydrogens is 224 g/mol. The maximum absolute atomic E-state index is 9.00. The van der Waals surface area contributed by atoms with Crippen LogP contribution in [0.4, 0.5) is 5.82 Å². The van der Waals surface area contributed by atoms with Crippen LogP contribution in [0.15, 0.2) is 24.3 Å². The number of terminal acetylenes is 1. The Morgan fingerprint density at radius 1 is 1.33 bits per heavy atom. The van der Waals surface area contributed by atoms with Crippen molar-refractivity contribution in [3.05, 3.63) is 41.1 Å². The molecule has 1 aromatic carbocycles. The highest BCUT2D eigenvalue weighted by atomic mass is 14.9. The highest BCUT2D eigenvalue weighted by molar-refractivity contribution is 5.65. The standard InChI is InChI=1S/C14H10N4/c1-3-11-7-13(16)18-14(17-11)12-6-4-5-10(8-15)9(12)2/h1,4-7H,2H3,(H2,16,17,18). The van der Waals surface area contributed by atoms with E-state index >= 15 is 0 Å². The fourth-order valence-corrected chi connectivity index (χ4v) is 1.66. The van der Waals surface area contributed by atoms with Crippen molar-refractivity contribution in [1.82, 2.24) is 9.97 Å². The van der Waals surface area contributed by atoms with Crippen LogP contribution in [0.2, 0.25) is 0 Å². The Morgan fingerprint density at radius 3 is 2.78 bits per heavy atom. The molecule has 0 radical (unpaired) electrons. The van der Waals surface area contributed by atoms with E-state index in [9.17, 15) is 0 Å². The second-order valence-corrected chi connectivity index (χ2v) is 3.74. The molecule has 86 valence electrons. The Hall–Kier alpha value is -2.85. The van der Waals surface area contributed by atoms with Gasteiger partial charge < -0.3 is 5.73 Å². The predicted molar refractivity (Wildman–Crippen MR) is 69.3 cm³/mol. The van der Waals surface area contributed by atoms with E-state index in [2.05, 4.69) is 22.0 Å². The van der Waals surface area contributed by atoms with E-state index in [1.807, 2.05) is 13.0 Å². The summed E-state index contributed by atoms with van der Waals surface area (Å²) in [5, 5.41) is 9.00. The third-order valence-electron chi connectivity index (χ3n) is 2.59. The summed E-state index contributed by atoms with van der Waals surface area (Å²) in [7, 11) is 0. The summed E-state index contributed by atoms with van der Waals surface area (Å²) in [5.41, 5.74) is 8.27. The van der Waals surface area contributed by atoms with E-state index in [0.29, 0.717) is 22.9 Å². The lowest BCUT2D eigenvalue weighted by atomic mass is 10.0. The predicted octanol–water partition coefficient (Wildman–Crippen LogP) is 1.89. The molecular formula is C14H10N4. The molecule has 0 aliphatic heterocycles. The quantitative estimate of drug-likeness (QED) is 0.764. The van der Waals surface area contributed by atoms with Crippen LogP contribution in [0.3, 0.4) is 0 Å². The monoisotopic (exact) mass is 234 g/mol. The van der Waals surface area contributed by atoms with Crippen LogP contribution in [0.25, 0.3) is 11.4 Å². The van der Waals surface area contributed by atoms with E-state index in [-0.39, 0.29) is 0 Å². The van der Waals surface area contributed by atoms with Gasteiger partial charge in [0, 0.05) is 11.6 Å². The van der Waals surface area contributed by atoms with Crippen molar-refractivity contribution in [2.24, 2.45) is 0 Å². The van der Waals surface area contributed by atoms with Crippen LogP contribution in [0.5, 0.6) is 0 Å². The van der Waals surface area contributed by atoms with Crippen molar-refractivity contribution in [3.63, 3.8) is 0 Å². The molecule has 18 heavy (non-hydrogen) atoms. The number of benzene rings is 1. The summed E-state index contributed by atoms with van der Waals surface area (Å²) in [6, 6.07) is 9.02. The van der Waals surface area contributed by atoms with Gasteiger partial charge in [-0.25, -0.2) is 9.97 Å². The molecule has 2 aromatic rings. The SMILES string of the molecule is C#Cc1cc(N)nc(-c2cccc(C#N)c2C)n1. The van der Waals surface area contributed by atoms with Gasteiger partial charge in [-0.2, -0.15) is 5.26 Å². The van der Waals surface area contributed by atoms with Gasteiger partial charge in [0.25, 0.3) is 0 Å². The summed E-state index contributed by atoms with van der Waals surface area (Å²) < 4.78 is 0. The third kappa shape index (κ3) is 2.00. The third-order valence-corrected chi connectivity index (χ3v) is 2.59. The molecule has 2 rings (SSSR count). The minimum Gasteiger partial charge on any atom is -0.384 e. The molecule has 0 fully saturated rings. The van der Waals surface area contributed by atoms with Crippen LogP contribution >= 0.6 is 0 Å². The molecule has 0 saturated carbocycles. The first kappa shape index (κ1) is 11.6. The number of hydrogen-bond donors (Lipinski definition) is 1. The fourth-order valence-electron chi connectivity index (χ4n) is 1.66. The highest BCUT2D eigenvalue weighted by Crippen LogP contribution is 2.23. The zero-order valence-corrected chi connectivity index (χ0v) is 9.81. The highest BCUT2D eigenvalue weighted by Gasteiger charge is 2.09. The lowest BCUT2D eigenvalue weighted by molar-refractivity contribution is 1.15. The van der Waals surface area contributed by atoms with Gasteiger partial charge in [-0.05, 0) is 18.6 Å². The molecule has 2 N–H and O–H groups in total. The van der Waals surface area contributed by atoms with Gasteiger partial charge in [0.05, 0.1) is 11.6 Å². The molecule has 0 aliphatic rings. The van der Waals surface area contributed by atoms with E-state index in [4.69, 9.17) is 17.4 Å². The van der Waals surface area contributed by atoms with Crippen molar-refractivity contribution in [2.45, 2.75) is 6.92 Å². The van der Waals surface area contributed by atoms with Gasteiger partial charge in [0.15, 0.2) is 5.82 Å². The number of anilines is 1. The van der Waals surface area contributed by atoms with E-state index in [1.54, 1.807) is 12.1 Å². The number of rotatable bonds is 1. The first-order valence-electron chi connectivity index (χ1n) is 5.27. The Kier molecular flexibility index (Phi) is 2.95. The Labute approximate surface area is 105 Å². The second kappa shape index (κ2) is 4.57. The van der Waals surface area contributed by atoms with Crippen LogP contribution in [-0.2, 0) is 0 Å². The number of hydrogen-bond acceptors (Lipinski definition) is 4. The van der Waals surface area contributed by atoms with E-state index in [1.165, 1.54) is 6.07 Å². The molecule has 0 amide bonds. The average Bonchev–Trinajstić information content (AvgIpc) is 2.38. The maximum atomic E-state index is 9.00. The number of nitrogens with two attached hydrogens (primary N) is 1. The van der Waals surface area contributed by atoms with Gasteiger partial charge in [0.1, 0.15) is 11.5 Å². The second-order valence-electron chi connectivity index (χ2n) is 3.74. The molecule has 0 saturated heterocycles. The van der Waals surface area contributed by atoms with Crippen molar-refractivity contribution in [3.8, 4) is 29.8 Å². The van der Waals surface area contributed by atoms with Gasteiger partial charge >= 0.3 is 0 Å². The molecule has 1 aromatic heterocycles. The lowest BCUT2D eigenvalue weighted by Gasteiger charge is -2.07. The first-order chi connectivity index (χ1) is 8.65. The zero-order valence-electron chi connectivity index (χ0n) is 9.81. The smallest absolute Gasteiger partial charge is 0.163 e. The normalized spacial score (nSPS) is 9.50. The van der Waals surface area contributed by atoms with Crippen molar-refractivity contribution in [2.75, 3.05) is 5.73 Å². The Bertz CT molecular complexity index is 690. The number of nitrogens with zero attached hydrogens (tertiary/aromatic N) is 3. The molecule has 0 atom stereocenters. The zero-order chi connectivity index (χ0) is 13.1. The topological polar surface area (TPSA) is 75.6 Å². The summed E-state index contributed by atoms with van der Waals surface area (Å²) in [5.74, 6) is 3.19. The molecule has 0 aliphatic carbocycles. The van der Waals surface area contributed by atoms with Gasteiger partial charge in [-0.1, -0.05) is 18.1 Å². The number of nitriles is 1. The van der Waals surface area contributed by atoms with Crippen LogP contribution < -0.4 is 5.73 Å². The minimum absolute atomic E-state index is 0.315. The largest absolute Gasteiger partial charge is 0.384 e. The summed E-state index contributed by atoms with van der Waals surface area (Å²) in [6.45, 7) is 1.84.